The van der Waals surface area contributed by atoms with Crippen molar-refractivity contribution in [2.24, 2.45) is 0 Å². The van der Waals surface area contributed by atoms with Crippen LogP contribution in [0.15, 0.2) is 30.3 Å². The topological polar surface area (TPSA) is 21.3 Å². The Morgan fingerprint density at radius 3 is 2.40 bits per heavy atom. The zero-order chi connectivity index (χ0) is 14.3. The summed E-state index contributed by atoms with van der Waals surface area (Å²) in [5, 5.41) is 3.52. The van der Waals surface area contributed by atoms with Crippen molar-refractivity contribution in [3.05, 3.63) is 58.1 Å². The molecule has 3 rings (SSSR count). The Kier molecular flexibility index (Phi) is 3.17. The molecule has 1 aliphatic heterocycles. The van der Waals surface area contributed by atoms with Crippen molar-refractivity contribution in [3.8, 4) is 5.75 Å². The molecule has 0 saturated carbocycles. The predicted octanol–water partition coefficient (Wildman–Crippen LogP) is 4.47. The molecule has 104 valence electrons. The number of benzene rings is 2. The van der Waals surface area contributed by atoms with Crippen molar-refractivity contribution in [1.82, 2.24) is 0 Å². The first-order valence-corrected chi connectivity index (χ1v) is 7.14. The van der Waals surface area contributed by atoms with E-state index < -0.39 is 0 Å². The Hall–Kier alpha value is -1.96. The lowest BCUT2D eigenvalue weighted by Gasteiger charge is -2.30. The van der Waals surface area contributed by atoms with Crippen LogP contribution in [0.25, 0.3) is 0 Å². The number of nitrogens with one attached hydrogen (secondary N) is 1. The smallest absolute Gasteiger partial charge is 0.143 e. The number of anilines is 1. The standard InChI is InChI=1S/C18H21NO/c1-11-8-13(3)17(14(4)9-11)16-10-19-18-12(2)6-5-7-15(18)20-16/h5-9,16,19H,10H2,1-4H3. The molecule has 0 saturated heterocycles. The lowest BCUT2D eigenvalue weighted by atomic mass is 9.94. The number of hydrogen-bond acceptors (Lipinski definition) is 2. The Morgan fingerprint density at radius 2 is 1.70 bits per heavy atom. The quantitative estimate of drug-likeness (QED) is 0.823. The molecule has 1 aliphatic rings. The predicted molar refractivity (Wildman–Crippen MR) is 83.7 cm³/mol. The van der Waals surface area contributed by atoms with Gasteiger partial charge in [-0.15, -0.1) is 0 Å². The van der Waals surface area contributed by atoms with Crippen molar-refractivity contribution in [3.63, 3.8) is 0 Å². The van der Waals surface area contributed by atoms with Crippen LogP contribution in [-0.2, 0) is 0 Å². The summed E-state index contributed by atoms with van der Waals surface area (Å²) in [6.07, 6.45) is 0.0879. The molecule has 0 spiro atoms. The van der Waals surface area contributed by atoms with Crippen LogP contribution >= 0.6 is 0 Å². The molecule has 1 N–H and O–H groups in total. The van der Waals surface area contributed by atoms with Gasteiger partial charge in [-0.3, -0.25) is 0 Å². The second-order valence-corrected chi connectivity index (χ2v) is 5.75. The van der Waals surface area contributed by atoms with E-state index in [1.165, 1.54) is 27.8 Å². The van der Waals surface area contributed by atoms with Crippen LogP contribution < -0.4 is 10.1 Å². The molecule has 0 fully saturated rings. The minimum atomic E-state index is 0.0879. The minimum Gasteiger partial charge on any atom is -0.482 e. The van der Waals surface area contributed by atoms with Gasteiger partial charge in [-0.25, -0.2) is 0 Å². The Balaban J connectivity index is 1.99. The Labute approximate surface area is 120 Å². The van der Waals surface area contributed by atoms with Gasteiger partial charge in [-0.05, 0) is 56.0 Å². The van der Waals surface area contributed by atoms with Crippen LogP contribution in [0, 0.1) is 27.7 Å². The molecule has 0 bridgehead atoms. The largest absolute Gasteiger partial charge is 0.482 e. The maximum Gasteiger partial charge on any atom is 0.143 e. The van der Waals surface area contributed by atoms with E-state index in [-0.39, 0.29) is 6.10 Å². The average Bonchev–Trinajstić information content (AvgIpc) is 2.37. The third-order valence-corrected chi connectivity index (χ3v) is 4.03. The molecular formula is C18H21NO. The first-order valence-electron chi connectivity index (χ1n) is 7.14. The van der Waals surface area contributed by atoms with Gasteiger partial charge in [-0.1, -0.05) is 29.8 Å². The molecule has 20 heavy (non-hydrogen) atoms. The van der Waals surface area contributed by atoms with Gasteiger partial charge in [0.25, 0.3) is 0 Å². The lowest BCUT2D eigenvalue weighted by Crippen LogP contribution is -2.25. The zero-order valence-electron chi connectivity index (χ0n) is 12.6. The van der Waals surface area contributed by atoms with Crippen LogP contribution in [-0.4, -0.2) is 6.54 Å². The fourth-order valence-corrected chi connectivity index (χ4v) is 3.22. The summed E-state index contributed by atoms with van der Waals surface area (Å²) >= 11 is 0. The maximum absolute atomic E-state index is 6.24. The van der Waals surface area contributed by atoms with Crippen LogP contribution in [0.1, 0.15) is 33.9 Å². The summed E-state index contributed by atoms with van der Waals surface area (Å²) < 4.78 is 6.24. The highest BCUT2D eigenvalue weighted by Crippen LogP contribution is 2.37. The molecule has 0 aromatic heterocycles. The summed E-state index contributed by atoms with van der Waals surface area (Å²) in [4.78, 5) is 0. The molecule has 0 amide bonds. The summed E-state index contributed by atoms with van der Waals surface area (Å²) in [6.45, 7) is 9.41. The van der Waals surface area contributed by atoms with E-state index in [1.54, 1.807) is 0 Å². The van der Waals surface area contributed by atoms with Crippen molar-refractivity contribution >= 4 is 5.69 Å². The van der Waals surface area contributed by atoms with Gasteiger partial charge in [0.15, 0.2) is 0 Å². The molecule has 0 aliphatic carbocycles. The van der Waals surface area contributed by atoms with Crippen LogP contribution in [0.2, 0.25) is 0 Å². The van der Waals surface area contributed by atoms with Crippen LogP contribution in [0.4, 0.5) is 5.69 Å². The van der Waals surface area contributed by atoms with E-state index in [2.05, 4.69) is 51.2 Å². The number of rotatable bonds is 1. The number of fused-ring (bicyclic) bond motifs is 1. The molecule has 2 aromatic carbocycles. The van der Waals surface area contributed by atoms with Crippen LogP contribution in [0.3, 0.4) is 0 Å². The van der Waals surface area contributed by atoms with E-state index >= 15 is 0 Å². The van der Waals surface area contributed by atoms with Crippen LogP contribution in [0.5, 0.6) is 5.75 Å². The maximum atomic E-state index is 6.24. The number of hydrogen-bond donors (Lipinski definition) is 1. The summed E-state index contributed by atoms with van der Waals surface area (Å²) in [6, 6.07) is 10.7. The van der Waals surface area contributed by atoms with E-state index in [4.69, 9.17) is 4.74 Å². The SMILES string of the molecule is Cc1cc(C)c(C2CNc3c(C)cccc3O2)c(C)c1. The van der Waals surface area contributed by atoms with E-state index in [0.717, 1.165) is 18.0 Å². The molecule has 2 nitrogen and oxygen atoms in total. The second-order valence-electron chi connectivity index (χ2n) is 5.75. The summed E-state index contributed by atoms with van der Waals surface area (Å²) in [5.74, 6) is 0.959. The monoisotopic (exact) mass is 267 g/mol. The molecule has 2 aromatic rings. The highest BCUT2D eigenvalue weighted by Gasteiger charge is 2.24. The van der Waals surface area contributed by atoms with Gasteiger partial charge >= 0.3 is 0 Å². The average molecular weight is 267 g/mol. The number of para-hydroxylation sites is 1. The van der Waals surface area contributed by atoms with Crippen molar-refractivity contribution in [2.45, 2.75) is 33.8 Å². The van der Waals surface area contributed by atoms with Gasteiger partial charge in [-0.2, -0.15) is 0 Å². The lowest BCUT2D eigenvalue weighted by molar-refractivity contribution is 0.209. The van der Waals surface area contributed by atoms with Gasteiger partial charge in [0, 0.05) is 0 Å². The Bertz CT molecular complexity index is 637. The van der Waals surface area contributed by atoms with Crippen molar-refractivity contribution in [2.75, 3.05) is 11.9 Å². The van der Waals surface area contributed by atoms with Gasteiger partial charge in [0.1, 0.15) is 11.9 Å². The van der Waals surface area contributed by atoms with E-state index in [9.17, 15) is 0 Å². The zero-order valence-corrected chi connectivity index (χ0v) is 12.6. The van der Waals surface area contributed by atoms with Crippen molar-refractivity contribution < 1.29 is 4.74 Å². The molecule has 1 atom stereocenters. The van der Waals surface area contributed by atoms with Crippen molar-refractivity contribution in [1.29, 1.82) is 0 Å². The molecular weight excluding hydrogens is 246 g/mol. The third kappa shape index (κ3) is 2.15. The fourth-order valence-electron chi connectivity index (χ4n) is 3.22. The van der Waals surface area contributed by atoms with E-state index in [0.29, 0.717) is 0 Å². The first kappa shape index (κ1) is 13.0. The second kappa shape index (κ2) is 4.86. The summed E-state index contributed by atoms with van der Waals surface area (Å²) in [5.41, 5.74) is 7.61. The molecule has 0 radical (unpaired) electrons. The fraction of sp³-hybridized carbons (Fsp3) is 0.333. The Morgan fingerprint density at radius 1 is 1.00 bits per heavy atom. The molecule has 2 heteroatoms. The number of aryl methyl sites for hydroxylation is 4. The number of ether oxygens (including phenoxy) is 1. The highest BCUT2D eigenvalue weighted by molar-refractivity contribution is 5.63. The third-order valence-electron chi connectivity index (χ3n) is 4.03. The first-order chi connectivity index (χ1) is 9.56. The summed E-state index contributed by atoms with van der Waals surface area (Å²) in [7, 11) is 0. The molecule has 1 heterocycles. The van der Waals surface area contributed by atoms with Gasteiger partial charge in [0.2, 0.25) is 0 Å². The highest BCUT2D eigenvalue weighted by atomic mass is 16.5. The van der Waals surface area contributed by atoms with Gasteiger partial charge < -0.3 is 10.1 Å². The minimum absolute atomic E-state index is 0.0879. The normalized spacial score (nSPS) is 17.1. The molecule has 1 unspecified atom stereocenters. The van der Waals surface area contributed by atoms with Gasteiger partial charge in [0.05, 0.1) is 12.2 Å². The van der Waals surface area contributed by atoms with E-state index in [1.807, 2.05) is 12.1 Å².